The van der Waals surface area contributed by atoms with Crippen molar-refractivity contribution in [1.82, 2.24) is 4.98 Å². The van der Waals surface area contributed by atoms with E-state index in [9.17, 15) is 0 Å². The van der Waals surface area contributed by atoms with Crippen LogP contribution in [0.2, 0.25) is 5.15 Å². The summed E-state index contributed by atoms with van der Waals surface area (Å²) in [6.07, 6.45) is 0. The molecule has 0 aliphatic carbocycles. The highest BCUT2D eigenvalue weighted by atomic mass is 35.5. The van der Waals surface area contributed by atoms with E-state index in [0.29, 0.717) is 5.15 Å². The van der Waals surface area contributed by atoms with Crippen LogP contribution in [-0.4, -0.2) is 4.98 Å². The van der Waals surface area contributed by atoms with Gasteiger partial charge < -0.3 is 0 Å². The number of rotatable bonds is 0. The van der Waals surface area contributed by atoms with Gasteiger partial charge in [-0.25, -0.2) is 4.98 Å². The summed E-state index contributed by atoms with van der Waals surface area (Å²) in [6, 6.07) is 10.9. The van der Waals surface area contributed by atoms with Crippen LogP contribution in [0.4, 0.5) is 0 Å². The molecule has 3 heteroatoms. The van der Waals surface area contributed by atoms with E-state index in [1.54, 1.807) is 12.1 Å². The monoisotopic (exact) mass is 212 g/mol. The Bertz CT molecular complexity index is 615. The molecule has 0 saturated carbocycles. The van der Waals surface area contributed by atoms with Crippen LogP contribution in [0.25, 0.3) is 10.9 Å². The van der Waals surface area contributed by atoms with Crippen LogP contribution in [0.1, 0.15) is 5.56 Å². The maximum atomic E-state index is 8.32. The van der Waals surface area contributed by atoms with Crippen LogP contribution in [-0.2, 0) is 0 Å². The lowest BCUT2D eigenvalue weighted by atomic mass is 10.1. The topological polar surface area (TPSA) is 36.7 Å². The Kier molecular flexibility index (Phi) is 2.54. The molecule has 0 atom stereocenters. The molecule has 0 amide bonds. The van der Waals surface area contributed by atoms with Gasteiger partial charge in [-0.15, -0.1) is 0 Å². The Morgan fingerprint density at radius 2 is 2.07 bits per heavy atom. The number of hydrogen-bond donors (Lipinski definition) is 0. The lowest BCUT2D eigenvalue weighted by molar-refractivity contribution is 1.41. The fraction of sp³-hybridized carbons (Fsp3) is 0. The second kappa shape index (κ2) is 4.00. The molecule has 70 valence electrons. The number of nitrogens with zero attached hydrogens (tertiary/aromatic N) is 2. The van der Waals surface area contributed by atoms with Crippen LogP contribution in [0.3, 0.4) is 0 Å². The molecule has 0 aliphatic rings. The van der Waals surface area contributed by atoms with Crippen molar-refractivity contribution in [1.29, 1.82) is 5.26 Å². The Morgan fingerprint density at radius 1 is 1.20 bits per heavy atom. The summed E-state index contributed by atoms with van der Waals surface area (Å²) in [5.41, 5.74) is 1.62. The largest absolute Gasteiger partial charge is 0.236 e. The van der Waals surface area contributed by atoms with E-state index in [4.69, 9.17) is 16.9 Å². The van der Waals surface area contributed by atoms with Crippen molar-refractivity contribution in [3.63, 3.8) is 0 Å². The number of halogens is 1. The third kappa shape index (κ3) is 2.07. The van der Waals surface area contributed by atoms with Crippen molar-refractivity contribution in [2.24, 2.45) is 0 Å². The second-order valence-corrected chi connectivity index (χ2v) is 3.29. The minimum absolute atomic E-state index is 0.471. The fourth-order valence-electron chi connectivity index (χ4n) is 1.28. The zero-order chi connectivity index (χ0) is 10.7. The third-order valence-electron chi connectivity index (χ3n) is 1.92. The minimum atomic E-state index is 0.471. The first-order valence-corrected chi connectivity index (χ1v) is 4.64. The molecule has 1 aromatic carbocycles. The standard InChI is InChI=1S/C12H5ClN2/c13-12-6-4-10-8-9(2-1-7-14)3-5-11(10)15-12/h3-6,8H. The van der Waals surface area contributed by atoms with Crippen LogP contribution >= 0.6 is 11.6 Å². The van der Waals surface area contributed by atoms with E-state index >= 15 is 0 Å². The predicted molar refractivity (Wildman–Crippen MR) is 59.2 cm³/mol. The van der Waals surface area contributed by atoms with Crippen molar-refractivity contribution < 1.29 is 0 Å². The van der Waals surface area contributed by atoms with Gasteiger partial charge in [0.1, 0.15) is 5.15 Å². The van der Waals surface area contributed by atoms with Crippen LogP contribution in [0, 0.1) is 23.2 Å². The molecule has 1 aromatic heterocycles. The highest BCUT2D eigenvalue weighted by Gasteiger charge is 1.96. The maximum Gasteiger partial charge on any atom is 0.152 e. The molecule has 15 heavy (non-hydrogen) atoms. The number of pyridine rings is 1. The summed E-state index contributed by atoms with van der Waals surface area (Å²) in [4.78, 5) is 4.15. The van der Waals surface area contributed by atoms with Gasteiger partial charge >= 0.3 is 0 Å². The zero-order valence-electron chi connectivity index (χ0n) is 7.66. The average Bonchev–Trinajstić information content (AvgIpc) is 2.26. The molecule has 0 bridgehead atoms. The van der Waals surface area contributed by atoms with Crippen LogP contribution in [0.15, 0.2) is 30.3 Å². The number of fused-ring (bicyclic) bond motifs is 1. The van der Waals surface area contributed by atoms with E-state index < -0.39 is 0 Å². The second-order valence-electron chi connectivity index (χ2n) is 2.90. The Labute approximate surface area is 92.1 Å². The molecule has 0 radical (unpaired) electrons. The lowest BCUT2D eigenvalue weighted by Gasteiger charge is -1.97. The molecule has 2 rings (SSSR count). The summed E-state index contributed by atoms with van der Waals surface area (Å²) in [5.74, 6) is 5.08. The van der Waals surface area contributed by atoms with Gasteiger partial charge in [-0.2, -0.15) is 5.26 Å². The van der Waals surface area contributed by atoms with E-state index in [-0.39, 0.29) is 0 Å². The predicted octanol–water partition coefficient (Wildman–Crippen LogP) is 2.76. The quantitative estimate of drug-likeness (QED) is 0.497. The van der Waals surface area contributed by atoms with Gasteiger partial charge in [0.2, 0.25) is 0 Å². The molecule has 2 aromatic rings. The van der Waals surface area contributed by atoms with Crippen molar-refractivity contribution in [3.05, 3.63) is 41.0 Å². The lowest BCUT2D eigenvalue weighted by Crippen LogP contribution is -1.81. The minimum Gasteiger partial charge on any atom is -0.236 e. The molecule has 0 unspecified atom stereocenters. The van der Waals surface area contributed by atoms with Crippen LogP contribution in [0.5, 0.6) is 0 Å². The number of hydrogen-bond acceptors (Lipinski definition) is 2. The molecule has 0 aliphatic heterocycles. The molecule has 0 saturated heterocycles. The van der Waals surface area contributed by atoms with E-state index in [1.807, 2.05) is 24.3 Å². The molecule has 2 nitrogen and oxygen atoms in total. The van der Waals surface area contributed by atoms with Gasteiger partial charge in [-0.3, -0.25) is 0 Å². The van der Waals surface area contributed by atoms with E-state index in [2.05, 4.69) is 16.8 Å². The summed E-state index contributed by atoms with van der Waals surface area (Å²) in [5, 5.41) is 9.76. The van der Waals surface area contributed by atoms with Crippen LogP contribution < -0.4 is 0 Å². The molecular formula is C12H5ClN2. The maximum absolute atomic E-state index is 8.32. The smallest absolute Gasteiger partial charge is 0.152 e. The SMILES string of the molecule is N#CC#Cc1ccc2nc(Cl)ccc2c1. The van der Waals surface area contributed by atoms with Gasteiger partial charge in [-0.1, -0.05) is 17.5 Å². The van der Waals surface area contributed by atoms with Gasteiger partial charge in [0.25, 0.3) is 0 Å². The van der Waals surface area contributed by atoms with E-state index in [1.165, 1.54) is 0 Å². The summed E-state index contributed by atoms with van der Waals surface area (Å²) in [6.45, 7) is 0. The first kappa shape index (κ1) is 9.52. The summed E-state index contributed by atoms with van der Waals surface area (Å²) >= 11 is 5.76. The molecule has 0 spiro atoms. The fourth-order valence-corrected chi connectivity index (χ4v) is 1.43. The molecule has 0 N–H and O–H groups in total. The summed E-state index contributed by atoms with van der Waals surface area (Å²) in [7, 11) is 0. The zero-order valence-corrected chi connectivity index (χ0v) is 8.42. The first-order valence-electron chi connectivity index (χ1n) is 4.26. The van der Waals surface area contributed by atoms with Crippen molar-refractivity contribution in [2.45, 2.75) is 0 Å². The first-order chi connectivity index (χ1) is 7.29. The third-order valence-corrected chi connectivity index (χ3v) is 2.13. The molecule has 0 fully saturated rings. The highest BCUT2D eigenvalue weighted by Crippen LogP contribution is 2.16. The number of aromatic nitrogens is 1. The van der Waals surface area contributed by atoms with Gasteiger partial charge in [-0.05, 0) is 30.3 Å². The Morgan fingerprint density at radius 3 is 2.87 bits per heavy atom. The highest BCUT2D eigenvalue weighted by molar-refractivity contribution is 6.29. The summed E-state index contributed by atoms with van der Waals surface area (Å²) < 4.78 is 0. The van der Waals surface area contributed by atoms with Gasteiger partial charge in [0.15, 0.2) is 6.07 Å². The Balaban J connectivity index is 2.58. The van der Waals surface area contributed by atoms with Gasteiger partial charge in [0, 0.05) is 16.9 Å². The van der Waals surface area contributed by atoms with Crippen molar-refractivity contribution in [3.8, 4) is 17.9 Å². The van der Waals surface area contributed by atoms with Crippen molar-refractivity contribution in [2.75, 3.05) is 0 Å². The van der Waals surface area contributed by atoms with Gasteiger partial charge in [0.05, 0.1) is 5.52 Å². The Hall–Kier alpha value is -2.03. The van der Waals surface area contributed by atoms with E-state index in [0.717, 1.165) is 16.5 Å². The number of nitriles is 1. The average molecular weight is 213 g/mol. The number of benzene rings is 1. The molecule has 1 heterocycles. The van der Waals surface area contributed by atoms with Crippen molar-refractivity contribution >= 4 is 22.5 Å². The normalized spacial score (nSPS) is 9.07. The molecular weight excluding hydrogens is 208 g/mol.